The maximum absolute atomic E-state index is 15.8. The number of aryl methyl sites for hydroxylation is 1. The van der Waals surface area contributed by atoms with E-state index in [1.54, 1.807) is 124 Å². The highest BCUT2D eigenvalue weighted by molar-refractivity contribution is 7.89. The van der Waals surface area contributed by atoms with Crippen LogP contribution in [-0.2, 0) is 155 Å². The zero-order valence-electron chi connectivity index (χ0n) is 86.6. The number of unbranched alkanes of at least 4 members (excludes halogenated alkanes) is 7. The summed E-state index contributed by atoms with van der Waals surface area (Å²) in [6, 6.07) is 10.4. The number of rotatable bonds is 68. The molecule has 0 aliphatic carbocycles. The van der Waals surface area contributed by atoms with Crippen molar-refractivity contribution < 1.29 is 104 Å². The number of carbonyl (C=O) groups excluding carboxylic acids is 8. The number of sulfonamides is 1. The van der Waals surface area contributed by atoms with Gasteiger partial charge in [0.25, 0.3) is 0 Å². The number of methoxy groups -OCH3 is 1. The van der Waals surface area contributed by atoms with Gasteiger partial charge in [-0.15, -0.1) is 26.8 Å². The lowest BCUT2D eigenvalue weighted by Crippen LogP contribution is -2.50. The highest BCUT2D eigenvalue weighted by atomic mass is 35.5. The smallest absolute Gasteiger partial charge is 0.312 e. The number of hydrogen-bond donors (Lipinski definition) is 6. The fourth-order valence-corrected chi connectivity index (χ4v) is 18.8. The van der Waals surface area contributed by atoms with Crippen LogP contribution in [0.1, 0.15) is 245 Å². The van der Waals surface area contributed by atoms with E-state index < -0.39 is 129 Å². The van der Waals surface area contributed by atoms with Crippen LogP contribution in [0.4, 0.5) is 0 Å². The van der Waals surface area contributed by atoms with E-state index in [1.165, 1.54) is 66.1 Å². The van der Waals surface area contributed by atoms with E-state index in [1.807, 2.05) is 45.1 Å². The Morgan fingerprint density at radius 2 is 0.951 bits per heavy atom. The van der Waals surface area contributed by atoms with Crippen molar-refractivity contribution in [2.24, 2.45) is 37.9 Å². The average Bonchev–Trinajstić information content (AvgIpc) is 1.04. The van der Waals surface area contributed by atoms with E-state index in [0.717, 1.165) is 36.0 Å². The average molecular weight is 2050 g/mol. The molecule has 7 rings (SSSR count). The van der Waals surface area contributed by atoms with Crippen molar-refractivity contribution in [3.63, 3.8) is 0 Å². The second-order valence-electron chi connectivity index (χ2n) is 39.8. The van der Waals surface area contributed by atoms with Crippen molar-refractivity contribution in [2.75, 3.05) is 134 Å². The van der Waals surface area contributed by atoms with Crippen molar-refractivity contribution in [3.8, 4) is 12.3 Å². The van der Waals surface area contributed by atoms with Crippen molar-refractivity contribution in [3.05, 3.63) is 111 Å². The fourth-order valence-electron chi connectivity index (χ4n) is 17.2. The molecule has 4 aromatic heterocycles. The van der Waals surface area contributed by atoms with Gasteiger partial charge in [-0.05, 0) is 176 Å². The van der Waals surface area contributed by atoms with Crippen LogP contribution in [0.5, 0.6) is 0 Å². The Morgan fingerprint density at radius 3 is 1.42 bits per heavy atom. The molecule has 1 aliphatic heterocycles. The monoisotopic (exact) mass is 2050 g/mol. The summed E-state index contributed by atoms with van der Waals surface area (Å²) in [5, 5.41) is 63.2. The second-order valence-corrected chi connectivity index (χ2v) is 42.4. The third-order valence-electron chi connectivity index (χ3n) is 24.8. The minimum absolute atomic E-state index is 0.000603. The minimum atomic E-state index is -3.98. The highest BCUT2D eigenvalue weighted by Crippen LogP contribution is 2.53. The van der Waals surface area contributed by atoms with Gasteiger partial charge in [0.2, 0.25) is 27.7 Å². The van der Waals surface area contributed by atoms with Gasteiger partial charge in [-0.1, -0.05) is 142 Å². The number of amides is 3. The molecular weight excluding hydrogens is 1900 g/mol. The zero-order chi connectivity index (χ0) is 105. The number of benzene rings is 2. The summed E-state index contributed by atoms with van der Waals surface area (Å²) in [5.74, 6) is -2.59. The molecule has 0 saturated carbocycles. The Kier molecular flexibility index (Phi) is 51.0. The molecule has 6 N–H and O–H groups in total. The predicted molar refractivity (Wildman–Crippen MR) is 530 cm³/mol. The van der Waals surface area contributed by atoms with Crippen LogP contribution >= 0.6 is 23.2 Å². The van der Waals surface area contributed by atoms with Crippen LogP contribution in [0.25, 0.3) is 0 Å². The normalized spacial score (nSPS) is 15.5. The number of nitrogens with zero attached hydrogens (tertiary/aromatic N) is 14. The first-order valence-corrected chi connectivity index (χ1v) is 51.2. The van der Waals surface area contributed by atoms with Gasteiger partial charge in [0.15, 0.2) is 6.61 Å². The number of esters is 5. The first-order valence-electron chi connectivity index (χ1n) is 49.0. The Bertz CT molecular complexity index is 5080. The number of carbonyl (C=O) groups is 8. The quantitative estimate of drug-likeness (QED) is 0.00894. The van der Waals surface area contributed by atoms with Crippen molar-refractivity contribution in [1.82, 2.24) is 90.4 Å². The molecular formula is C99H156Cl2N18O22S. The van der Waals surface area contributed by atoms with E-state index >= 15 is 14.4 Å². The molecule has 8 unspecified atom stereocenters. The number of aliphatic hydroxyl groups excluding tert-OH is 2. The summed E-state index contributed by atoms with van der Waals surface area (Å²) in [7, 11) is 3.34. The Balaban J connectivity index is 0.00000130. The largest absolute Gasteiger partial charge is 0.459 e. The predicted octanol–water partition coefficient (Wildman–Crippen LogP) is 10.1. The molecule has 6 aromatic rings. The van der Waals surface area contributed by atoms with Gasteiger partial charge in [-0.25, -0.2) is 22.5 Å². The van der Waals surface area contributed by atoms with E-state index in [-0.39, 0.29) is 138 Å². The first-order chi connectivity index (χ1) is 67.2. The van der Waals surface area contributed by atoms with Gasteiger partial charge >= 0.3 is 29.8 Å². The van der Waals surface area contributed by atoms with Gasteiger partial charge in [0, 0.05) is 92.7 Å². The number of ether oxygens (including phenoxy) is 10. The minimum Gasteiger partial charge on any atom is -0.459 e. The molecule has 1 aliphatic rings. The summed E-state index contributed by atoms with van der Waals surface area (Å²) in [4.78, 5) is 117. The lowest BCUT2D eigenvalue weighted by molar-refractivity contribution is -0.175. The summed E-state index contributed by atoms with van der Waals surface area (Å²) < 4.78 is 93.6. The molecule has 5 heterocycles. The molecule has 142 heavy (non-hydrogen) atoms. The van der Waals surface area contributed by atoms with E-state index in [0.29, 0.717) is 101 Å². The molecule has 0 spiro atoms. The number of hydrogen-bond acceptors (Lipinski definition) is 32. The number of halogens is 2. The van der Waals surface area contributed by atoms with Crippen molar-refractivity contribution in [2.45, 2.75) is 282 Å². The number of nitrogens with one attached hydrogen (secondary N) is 4. The number of aromatic nitrogens is 12. The van der Waals surface area contributed by atoms with E-state index in [4.69, 9.17) is 77.0 Å². The third-order valence-corrected chi connectivity index (χ3v) is 26.8. The Hall–Kier alpha value is -9.55. The molecule has 43 heteroatoms. The fraction of sp³-hybridized carbons (Fsp3) is 0.697. The van der Waals surface area contributed by atoms with Crippen molar-refractivity contribution >= 4 is 80.8 Å². The molecule has 2 aromatic carbocycles. The standard InChI is InChI=1S/C83H129Cl2N17O18S.C16H27NO4/c1-14-16-17-18-19-20-21-22-29-99-47-64(89-93-99)53-117-75(106)79(4,5)57-81(7,76(107)118-54-65-48-100(94-90-65)31-27-86-73(104)26-30-97(10)11)59-83(9,78(109)120-56-67-50-102(96-92-67)33-36-114-39-40-116-42-41-115-38-37-112-13)60-82(8,58-80(6,15-2)74(105)87-46-61(3)103)77(108)119-55-66-49-101(95-91-66)32-35-113-34-28-88-121(110,111)68-25-23-24-62(43-68)70-51-98(12)52-71-69(70)44-63(84)45-72(71)85;1-7-9-21-14(20)15(4,5)11-16(6,8-2)13(19)17-10-12(3)18/h23-25,43-45,47-50,61,70,88,103H,14-22,26-42,46,51-60H2,1-13H3,(H,86,104)(H,87,105);1,12,18H,8-11H2,2-6H3,(H,17,19). The number of likely N-dealkylation sites (N-methyl/N-ethyl adjacent to an activating group) is 1. The van der Waals surface area contributed by atoms with Crippen LogP contribution < -0.4 is 20.7 Å². The summed E-state index contributed by atoms with van der Waals surface area (Å²) in [6.45, 7) is 28.1. The van der Waals surface area contributed by atoms with Crippen molar-refractivity contribution in [1.29, 1.82) is 0 Å². The van der Waals surface area contributed by atoms with Gasteiger partial charge in [0.1, 0.15) is 49.2 Å². The molecule has 40 nitrogen and oxygen atoms in total. The molecule has 0 fully saturated rings. The van der Waals surface area contributed by atoms with Gasteiger partial charge in [-0.2, -0.15) is 0 Å². The maximum atomic E-state index is 15.8. The highest BCUT2D eigenvalue weighted by Gasteiger charge is 2.56. The first kappa shape index (κ1) is 121. The van der Waals surface area contributed by atoms with Gasteiger partial charge in [-0.3, -0.25) is 47.7 Å². The van der Waals surface area contributed by atoms with Gasteiger partial charge < -0.3 is 83.3 Å². The lowest BCUT2D eigenvalue weighted by atomic mass is 9.59. The number of aliphatic hydroxyl groups is 2. The molecule has 3 amide bonds. The lowest BCUT2D eigenvalue weighted by Gasteiger charge is -2.44. The summed E-state index contributed by atoms with van der Waals surface area (Å²) >= 11 is 13.1. The van der Waals surface area contributed by atoms with Crippen LogP contribution in [0, 0.1) is 50.2 Å². The second kappa shape index (κ2) is 59.8. The maximum Gasteiger partial charge on any atom is 0.312 e. The Morgan fingerprint density at radius 1 is 0.528 bits per heavy atom. The van der Waals surface area contributed by atoms with E-state index in [2.05, 4.69) is 79.7 Å². The van der Waals surface area contributed by atoms with Crippen LogP contribution in [0.15, 0.2) is 66.1 Å². The molecule has 8 atom stereocenters. The van der Waals surface area contributed by atoms with Crippen LogP contribution in [-0.4, -0.2) is 282 Å². The summed E-state index contributed by atoms with van der Waals surface area (Å²) in [5.41, 5.74) is -6.39. The Labute approximate surface area is 847 Å². The SMILES string of the molecule is C#CCOC(=O)C(C)(C)CC(C)(CC)C(=O)NCC(C)O.CCCCCCCCCCn1cc(COC(=O)C(C)(C)CC(C)(CC(C)(CC(C)(CC(C)(CC)C(=O)NCC(C)O)C(=O)OCc2cn(CCOCCNS(=O)(=O)c3cccc(C4CN(C)Cc5c(Cl)cc(Cl)cc54)c3)nn2)C(=O)OCc2cn(CCOCCOCCOCCOC)nn2)C(=O)OCc2cn(CCNC(=O)CCN(C)C)nn2)nn1. The number of terminal acetylenes is 1. The number of fused-ring (bicyclic) bond motifs is 1. The van der Waals surface area contributed by atoms with Crippen LogP contribution in [0.2, 0.25) is 10.0 Å². The molecule has 0 saturated heterocycles. The third kappa shape index (κ3) is 41.2. The van der Waals surface area contributed by atoms with E-state index in [9.17, 15) is 42.6 Å². The van der Waals surface area contributed by atoms with Crippen LogP contribution in [0.3, 0.4) is 0 Å². The summed E-state index contributed by atoms with van der Waals surface area (Å²) in [6.07, 6.45) is 18.8. The topological polar surface area (TPSA) is 481 Å². The molecule has 794 valence electrons. The molecule has 0 radical (unpaired) electrons. The molecule has 0 bridgehead atoms. The zero-order valence-corrected chi connectivity index (χ0v) is 88.9. The van der Waals surface area contributed by atoms with Gasteiger partial charge in [0.05, 0.1) is 148 Å².